The zero-order valence-corrected chi connectivity index (χ0v) is 17.3. The number of ether oxygens (including phenoxy) is 5. The van der Waals surface area contributed by atoms with Crippen LogP contribution in [0.2, 0.25) is 0 Å². The van der Waals surface area contributed by atoms with Gasteiger partial charge in [-0.1, -0.05) is 0 Å². The summed E-state index contributed by atoms with van der Waals surface area (Å²) in [7, 11) is 0. The maximum Gasteiger partial charge on any atom is 0.351 e. The molecule has 172 valence electrons. The van der Waals surface area contributed by atoms with Crippen LogP contribution in [-0.2, 0) is 47.7 Å². The van der Waals surface area contributed by atoms with Gasteiger partial charge in [0.1, 0.15) is 12.7 Å². The fraction of sp³-hybridized carbons (Fsp3) is 0.722. The van der Waals surface area contributed by atoms with Crippen LogP contribution < -0.4 is 0 Å². The number of carbonyl (C=O) groups excluding carboxylic acids is 5. The minimum Gasteiger partial charge on any atom is -0.463 e. The average molecular weight is 436 g/mol. The summed E-state index contributed by atoms with van der Waals surface area (Å²) < 4.78 is 24.6. The number of hydrogen-bond acceptors (Lipinski definition) is 12. The summed E-state index contributed by atoms with van der Waals surface area (Å²) in [5.74, 6) is -4.69. The number of carbonyl (C=O) groups is 5. The monoisotopic (exact) mass is 436 g/mol. The molecule has 12 heteroatoms. The second-order valence-corrected chi connectivity index (χ2v) is 6.15. The molecule has 0 heterocycles. The number of esters is 5. The molecule has 0 aromatic heterocycles. The normalized spacial score (nSPS) is 14.5. The molecule has 0 aromatic carbocycles. The highest BCUT2D eigenvalue weighted by atomic mass is 16.6. The Kier molecular flexibility index (Phi) is 13.0. The summed E-state index contributed by atoms with van der Waals surface area (Å²) in [5, 5.41) is 19.1. The average Bonchev–Trinajstić information content (AvgIpc) is 2.63. The Morgan fingerprint density at radius 3 is 1.73 bits per heavy atom. The Bertz CT molecular complexity index is 602. The highest BCUT2D eigenvalue weighted by Gasteiger charge is 2.46. The summed E-state index contributed by atoms with van der Waals surface area (Å²) in [6.45, 7) is 3.09. The molecule has 0 saturated carbocycles. The van der Waals surface area contributed by atoms with Gasteiger partial charge in [-0.2, -0.15) is 0 Å². The van der Waals surface area contributed by atoms with Crippen molar-refractivity contribution in [3.05, 3.63) is 0 Å². The van der Waals surface area contributed by atoms with Gasteiger partial charge in [-0.05, 0) is 12.8 Å². The van der Waals surface area contributed by atoms with E-state index in [9.17, 15) is 29.1 Å². The van der Waals surface area contributed by atoms with Crippen molar-refractivity contribution in [3.8, 4) is 0 Å². The van der Waals surface area contributed by atoms with Gasteiger partial charge >= 0.3 is 29.8 Å². The van der Waals surface area contributed by atoms with E-state index in [2.05, 4.69) is 4.74 Å². The Labute approximate surface area is 173 Å². The summed E-state index contributed by atoms with van der Waals surface area (Å²) in [6.07, 6.45) is -6.52. The maximum atomic E-state index is 12.5. The van der Waals surface area contributed by atoms with Crippen LogP contribution in [0.15, 0.2) is 0 Å². The highest BCUT2D eigenvalue weighted by Crippen LogP contribution is 2.19. The topological polar surface area (TPSA) is 172 Å². The van der Waals surface area contributed by atoms with E-state index in [1.807, 2.05) is 0 Å². The highest BCUT2D eigenvalue weighted by molar-refractivity contribution is 5.80. The van der Waals surface area contributed by atoms with E-state index in [0.29, 0.717) is 12.8 Å². The predicted octanol–water partition coefficient (Wildman–Crippen LogP) is -0.979. The summed E-state index contributed by atoms with van der Waals surface area (Å²) >= 11 is 0. The largest absolute Gasteiger partial charge is 0.463 e. The van der Waals surface area contributed by atoms with E-state index in [4.69, 9.17) is 24.1 Å². The number of hydrogen-bond donors (Lipinski definition) is 2. The molecule has 0 aliphatic heterocycles. The van der Waals surface area contributed by atoms with Crippen LogP contribution in [0.25, 0.3) is 0 Å². The van der Waals surface area contributed by atoms with Crippen molar-refractivity contribution in [2.75, 3.05) is 19.8 Å². The lowest BCUT2D eigenvalue weighted by atomic mass is 10.0. The molecule has 0 aromatic rings. The van der Waals surface area contributed by atoms with Crippen molar-refractivity contribution in [1.82, 2.24) is 0 Å². The molecular weight excluding hydrogens is 408 g/mol. The third kappa shape index (κ3) is 11.3. The fourth-order valence-electron chi connectivity index (χ4n) is 2.24. The van der Waals surface area contributed by atoms with Crippen LogP contribution >= 0.6 is 0 Å². The molecule has 12 nitrogen and oxygen atoms in total. The molecule has 4 atom stereocenters. The molecule has 0 fully saturated rings. The van der Waals surface area contributed by atoms with Crippen molar-refractivity contribution in [1.29, 1.82) is 0 Å². The van der Waals surface area contributed by atoms with E-state index in [-0.39, 0.29) is 13.2 Å². The van der Waals surface area contributed by atoms with Crippen molar-refractivity contribution < 1.29 is 57.9 Å². The molecule has 0 rings (SSSR count). The number of aliphatic hydroxyl groups is 2. The second kappa shape index (κ2) is 14.3. The van der Waals surface area contributed by atoms with Gasteiger partial charge in [0.05, 0.1) is 6.61 Å². The van der Waals surface area contributed by atoms with Gasteiger partial charge in [-0.25, -0.2) is 4.79 Å². The molecule has 0 aliphatic rings. The molecule has 2 N–H and O–H groups in total. The van der Waals surface area contributed by atoms with Gasteiger partial charge in [0.2, 0.25) is 6.10 Å². The van der Waals surface area contributed by atoms with Gasteiger partial charge in [-0.3, -0.25) is 19.2 Å². The summed E-state index contributed by atoms with van der Waals surface area (Å²) in [5.41, 5.74) is 0. The summed E-state index contributed by atoms with van der Waals surface area (Å²) in [4.78, 5) is 58.1. The molecular formula is C18H28O12. The molecule has 0 saturated heterocycles. The van der Waals surface area contributed by atoms with Crippen LogP contribution in [0.4, 0.5) is 0 Å². The minimum atomic E-state index is -1.89. The van der Waals surface area contributed by atoms with E-state index >= 15 is 0 Å². The molecule has 0 unspecified atom stereocenters. The zero-order valence-electron chi connectivity index (χ0n) is 17.3. The molecule has 0 spiro atoms. The van der Waals surface area contributed by atoms with Crippen LogP contribution in [0.5, 0.6) is 0 Å². The van der Waals surface area contributed by atoms with Crippen molar-refractivity contribution in [2.45, 2.75) is 65.0 Å². The third-order valence-corrected chi connectivity index (χ3v) is 3.38. The van der Waals surface area contributed by atoms with Crippen molar-refractivity contribution >= 4 is 29.8 Å². The van der Waals surface area contributed by atoms with Crippen LogP contribution in [0, 0.1) is 0 Å². The van der Waals surface area contributed by atoms with E-state index in [1.54, 1.807) is 0 Å². The molecule has 30 heavy (non-hydrogen) atoms. The molecule has 0 aliphatic carbocycles. The lowest BCUT2D eigenvalue weighted by molar-refractivity contribution is -0.203. The number of unbranched alkanes of at least 4 members (excludes halogenated alkanes) is 1. The minimum absolute atomic E-state index is 0.127. The molecule has 0 bridgehead atoms. The Balaban J connectivity index is 5.84. The van der Waals surface area contributed by atoms with Gasteiger partial charge in [0.25, 0.3) is 0 Å². The number of aliphatic hydroxyl groups excluding tert-OH is 2. The van der Waals surface area contributed by atoms with Crippen LogP contribution in [-0.4, -0.2) is 84.3 Å². The third-order valence-electron chi connectivity index (χ3n) is 3.38. The zero-order chi connectivity index (χ0) is 23.3. The lowest BCUT2D eigenvalue weighted by Gasteiger charge is -2.32. The SMILES string of the molecule is CC(=O)OC[C@@H](O)[C@@H](OC(C)=O)[C@H](OC(C)=O)[C@@H](OC(C)=O)C(=O)OCCCCO. The standard InChI is InChI=1S/C18H28O12/c1-10(20)27-9-14(24)15(28-11(2)21)16(29-12(3)22)17(30-13(4)23)18(25)26-8-6-5-7-19/h14-17,19,24H,5-9H2,1-4H3/t14-,15-,16+,17-/m1/s1. The molecule has 0 radical (unpaired) electrons. The Morgan fingerprint density at radius 2 is 1.27 bits per heavy atom. The predicted molar refractivity (Wildman–Crippen MR) is 96.6 cm³/mol. The van der Waals surface area contributed by atoms with Gasteiger partial charge in [0, 0.05) is 34.3 Å². The molecule has 0 amide bonds. The van der Waals surface area contributed by atoms with Gasteiger partial charge < -0.3 is 33.9 Å². The maximum absolute atomic E-state index is 12.5. The van der Waals surface area contributed by atoms with Gasteiger partial charge in [0.15, 0.2) is 12.2 Å². The summed E-state index contributed by atoms with van der Waals surface area (Å²) in [6, 6.07) is 0. The second-order valence-electron chi connectivity index (χ2n) is 6.15. The first kappa shape index (κ1) is 27.3. The van der Waals surface area contributed by atoms with Crippen molar-refractivity contribution in [3.63, 3.8) is 0 Å². The quantitative estimate of drug-likeness (QED) is 0.206. The van der Waals surface area contributed by atoms with Crippen LogP contribution in [0.1, 0.15) is 40.5 Å². The van der Waals surface area contributed by atoms with E-state index in [0.717, 1.165) is 27.7 Å². The van der Waals surface area contributed by atoms with Crippen LogP contribution in [0.3, 0.4) is 0 Å². The fourth-order valence-corrected chi connectivity index (χ4v) is 2.24. The first-order chi connectivity index (χ1) is 14.0. The van der Waals surface area contributed by atoms with E-state index in [1.165, 1.54) is 0 Å². The van der Waals surface area contributed by atoms with Gasteiger partial charge in [-0.15, -0.1) is 0 Å². The first-order valence-electron chi connectivity index (χ1n) is 9.10. The Morgan fingerprint density at radius 1 is 0.733 bits per heavy atom. The van der Waals surface area contributed by atoms with Crippen molar-refractivity contribution in [2.24, 2.45) is 0 Å². The van der Waals surface area contributed by atoms with E-state index < -0.39 is 60.9 Å². The lowest BCUT2D eigenvalue weighted by Crippen LogP contribution is -2.54. The smallest absolute Gasteiger partial charge is 0.351 e. The Hall–Kier alpha value is -2.73. The first-order valence-corrected chi connectivity index (χ1v) is 9.10. The number of rotatable bonds is 13.